The molecule has 0 fully saturated rings. The van der Waals surface area contributed by atoms with Gasteiger partial charge in [-0.15, -0.1) is 0 Å². The van der Waals surface area contributed by atoms with Gasteiger partial charge in [0.05, 0.1) is 0 Å². The number of ether oxygens (including phenoxy) is 1. The number of pyridine rings is 1. The lowest BCUT2D eigenvalue weighted by Gasteiger charge is -2.11. The van der Waals surface area contributed by atoms with Gasteiger partial charge in [-0.25, -0.2) is 0 Å². The summed E-state index contributed by atoms with van der Waals surface area (Å²) < 4.78 is 5.75. The molecule has 0 saturated heterocycles. The van der Waals surface area contributed by atoms with Gasteiger partial charge in [-0.3, -0.25) is 10.4 Å². The van der Waals surface area contributed by atoms with Gasteiger partial charge < -0.3 is 10.5 Å². The van der Waals surface area contributed by atoms with Crippen molar-refractivity contribution in [3.05, 3.63) is 53.9 Å². The van der Waals surface area contributed by atoms with Crippen LogP contribution in [0.2, 0.25) is 0 Å². The molecule has 3 N–H and O–H groups in total. The van der Waals surface area contributed by atoms with Gasteiger partial charge in [0.25, 0.3) is 0 Å². The van der Waals surface area contributed by atoms with Crippen LogP contribution in [0, 0.1) is 5.41 Å². The van der Waals surface area contributed by atoms with Gasteiger partial charge >= 0.3 is 0 Å². The Kier molecular flexibility index (Phi) is 4.35. The summed E-state index contributed by atoms with van der Waals surface area (Å²) >= 11 is 0. The summed E-state index contributed by atoms with van der Waals surface area (Å²) in [6, 6.07) is 11.5. The maximum absolute atomic E-state index is 7.37. The van der Waals surface area contributed by atoms with E-state index in [4.69, 9.17) is 15.9 Å². The molecule has 0 amide bonds. The number of hydrogen-bond donors (Lipinski definition) is 2. The Balaban J connectivity index is 2.14. The number of aromatic nitrogens is 1. The average Bonchev–Trinajstić information content (AvgIpc) is 2.47. The molecular formula is C16H19N3O. The molecule has 0 aliphatic heterocycles. The summed E-state index contributed by atoms with van der Waals surface area (Å²) in [7, 11) is 0. The van der Waals surface area contributed by atoms with Crippen molar-refractivity contribution in [1.82, 2.24) is 4.98 Å². The second-order valence-corrected chi connectivity index (χ2v) is 4.77. The topological polar surface area (TPSA) is 72.0 Å². The fourth-order valence-corrected chi connectivity index (χ4v) is 1.86. The molecular weight excluding hydrogens is 250 g/mol. The van der Waals surface area contributed by atoms with Crippen LogP contribution in [0.25, 0.3) is 0 Å². The molecule has 20 heavy (non-hydrogen) atoms. The van der Waals surface area contributed by atoms with Crippen LogP contribution in [-0.4, -0.2) is 10.8 Å². The monoisotopic (exact) mass is 269 g/mol. The minimum atomic E-state index is -0.0671. The Morgan fingerprint density at radius 3 is 2.55 bits per heavy atom. The molecule has 1 aromatic carbocycles. The Labute approximate surface area is 119 Å². The Hall–Kier alpha value is -2.36. The number of nitrogens with one attached hydrogen (secondary N) is 1. The highest BCUT2D eigenvalue weighted by Crippen LogP contribution is 2.25. The summed E-state index contributed by atoms with van der Waals surface area (Å²) in [5, 5.41) is 7.37. The molecule has 2 aromatic rings. The number of benzene rings is 1. The molecule has 0 saturated carbocycles. The van der Waals surface area contributed by atoms with E-state index in [0.717, 1.165) is 12.2 Å². The van der Waals surface area contributed by atoms with E-state index < -0.39 is 0 Å². The van der Waals surface area contributed by atoms with E-state index in [2.05, 4.69) is 31.0 Å². The van der Waals surface area contributed by atoms with E-state index in [-0.39, 0.29) is 5.84 Å². The Bertz CT molecular complexity index is 593. The van der Waals surface area contributed by atoms with Crippen LogP contribution in [0.1, 0.15) is 37.4 Å². The van der Waals surface area contributed by atoms with Gasteiger partial charge in [-0.2, -0.15) is 0 Å². The summed E-state index contributed by atoms with van der Waals surface area (Å²) in [6.45, 7) is 4.38. The highest BCUT2D eigenvalue weighted by atomic mass is 16.5. The lowest BCUT2D eigenvalue weighted by molar-refractivity contribution is 0.481. The first-order valence-corrected chi connectivity index (χ1v) is 6.68. The fraction of sp³-hybridized carbons (Fsp3) is 0.250. The quantitative estimate of drug-likeness (QED) is 0.642. The lowest BCUT2D eigenvalue weighted by atomic mass is 9.99. The first-order valence-electron chi connectivity index (χ1n) is 6.68. The third kappa shape index (κ3) is 3.35. The highest BCUT2D eigenvalue weighted by molar-refractivity contribution is 5.93. The van der Waals surface area contributed by atoms with Crippen LogP contribution in [0.4, 0.5) is 0 Å². The minimum absolute atomic E-state index is 0.0671. The summed E-state index contributed by atoms with van der Waals surface area (Å²) in [5.74, 6) is 1.87. The summed E-state index contributed by atoms with van der Waals surface area (Å²) in [4.78, 5) is 4.00. The van der Waals surface area contributed by atoms with Crippen molar-refractivity contribution >= 4 is 5.84 Å². The standard InChI is InChI=1S/C16H19N3O/c1-3-11(2)12-4-6-13(7-5-12)20-14-8-9-19-15(10-14)16(17)18/h4-11H,3H2,1-2H3,(H3,17,18). The van der Waals surface area contributed by atoms with E-state index in [1.54, 1.807) is 18.3 Å². The van der Waals surface area contributed by atoms with Crippen molar-refractivity contribution in [1.29, 1.82) is 5.41 Å². The first-order chi connectivity index (χ1) is 9.60. The third-order valence-corrected chi connectivity index (χ3v) is 3.30. The molecule has 4 heteroatoms. The normalized spacial score (nSPS) is 11.9. The Morgan fingerprint density at radius 1 is 1.25 bits per heavy atom. The smallest absolute Gasteiger partial charge is 0.141 e. The van der Waals surface area contributed by atoms with E-state index in [0.29, 0.717) is 17.4 Å². The second-order valence-electron chi connectivity index (χ2n) is 4.77. The maximum Gasteiger partial charge on any atom is 0.141 e. The third-order valence-electron chi connectivity index (χ3n) is 3.30. The van der Waals surface area contributed by atoms with Gasteiger partial charge in [0.2, 0.25) is 0 Å². The highest BCUT2D eigenvalue weighted by Gasteiger charge is 2.05. The molecule has 2 rings (SSSR count). The number of nitrogens with two attached hydrogens (primary N) is 1. The largest absolute Gasteiger partial charge is 0.457 e. The SMILES string of the molecule is CCC(C)c1ccc(Oc2ccnc(C(=N)N)c2)cc1. The molecule has 0 aliphatic rings. The number of nitrogen functional groups attached to an aromatic ring is 1. The molecule has 4 nitrogen and oxygen atoms in total. The zero-order valence-electron chi connectivity index (χ0n) is 11.8. The van der Waals surface area contributed by atoms with Crippen LogP contribution < -0.4 is 10.5 Å². The number of nitrogens with zero attached hydrogens (tertiary/aromatic N) is 1. The maximum atomic E-state index is 7.37. The fourth-order valence-electron chi connectivity index (χ4n) is 1.86. The molecule has 0 aliphatic carbocycles. The molecule has 1 aromatic heterocycles. The number of amidine groups is 1. The van der Waals surface area contributed by atoms with E-state index >= 15 is 0 Å². The second kappa shape index (κ2) is 6.19. The number of rotatable bonds is 5. The van der Waals surface area contributed by atoms with E-state index in [9.17, 15) is 0 Å². The van der Waals surface area contributed by atoms with Gasteiger partial charge in [-0.05, 0) is 36.1 Å². The van der Waals surface area contributed by atoms with Crippen molar-refractivity contribution in [2.75, 3.05) is 0 Å². The molecule has 1 heterocycles. The lowest BCUT2D eigenvalue weighted by Crippen LogP contribution is -2.12. The van der Waals surface area contributed by atoms with Crippen molar-refractivity contribution < 1.29 is 4.74 Å². The number of hydrogen-bond acceptors (Lipinski definition) is 3. The van der Waals surface area contributed by atoms with E-state index in [1.165, 1.54) is 5.56 Å². The molecule has 104 valence electrons. The average molecular weight is 269 g/mol. The van der Waals surface area contributed by atoms with Crippen LogP contribution >= 0.6 is 0 Å². The molecule has 0 bridgehead atoms. The van der Waals surface area contributed by atoms with Crippen molar-refractivity contribution in [2.24, 2.45) is 5.73 Å². The van der Waals surface area contributed by atoms with Crippen molar-refractivity contribution in [3.8, 4) is 11.5 Å². The Morgan fingerprint density at radius 2 is 1.95 bits per heavy atom. The molecule has 0 spiro atoms. The van der Waals surface area contributed by atoms with Crippen LogP contribution in [0.3, 0.4) is 0 Å². The van der Waals surface area contributed by atoms with Gasteiger partial charge in [0.15, 0.2) is 0 Å². The molecule has 1 atom stereocenters. The van der Waals surface area contributed by atoms with Crippen molar-refractivity contribution in [3.63, 3.8) is 0 Å². The zero-order valence-corrected chi connectivity index (χ0v) is 11.8. The minimum Gasteiger partial charge on any atom is -0.457 e. The molecule has 0 radical (unpaired) electrons. The van der Waals surface area contributed by atoms with Gasteiger partial charge in [0, 0.05) is 12.3 Å². The van der Waals surface area contributed by atoms with Crippen LogP contribution in [0.15, 0.2) is 42.6 Å². The van der Waals surface area contributed by atoms with Crippen LogP contribution in [-0.2, 0) is 0 Å². The summed E-state index contributed by atoms with van der Waals surface area (Å²) in [6.07, 6.45) is 2.70. The molecule has 1 unspecified atom stereocenters. The van der Waals surface area contributed by atoms with Crippen molar-refractivity contribution in [2.45, 2.75) is 26.2 Å². The van der Waals surface area contributed by atoms with Gasteiger partial charge in [0.1, 0.15) is 23.0 Å². The summed E-state index contributed by atoms with van der Waals surface area (Å²) in [5.41, 5.74) is 7.13. The van der Waals surface area contributed by atoms with E-state index in [1.807, 2.05) is 12.1 Å². The van der Waals surface area contributed by atoms with Gasteiger partial charge in [-0.1, -0.05) is 26.0 Å². The predicted molar refractivity (Wildman–Crippen MR) is 80.5 cm³/mol. The zero-order chi connectivity index (χ0) is 14.5. The first kappa shape index (κ1) is 14.1. The predicted octanol–water partition coefficient (Wildman–Crippen LogP) is 3.67. The van der Waals surface area contributed by atoms with Crippen LogP contribution in [0.5, 0.6) is 11.5 Å².